The highest BCUT2D eigenvalue weighted by Gasteiger charge is 2.41. The van der Waals surface area contributed by atoms with Gasteiger partial charge in [-0.3, -0.25) is 9.78 Å². The van der Waals surface area contributed by atoms with Gasteiger partial charge < -0.3 is 14.2 Å². The lowest BCUT2D eigenvalue weighted by Gasteiger charge is -2.13. The Morgan fingerprint density at radius 3 is 2.66 bits per heavy atom. The standard InChI is InChI=1S/C26H27ClN6O2/c1-16-7-10-28-18(11-16)14-33-23(19-6-5-17(12-20(19)27)13-21(34)32(3)4)31-22-24(33)29-15-30-25(22)35-26(2)8-9-26/h5-7,10-12,15H,8-9,13-14H2,1-4H3. The number of pyridine rings is 1. The Balaban J connectivity index is 1.62. The number of fused-ring (bicyclic) bond motifs is 1. The van der Waals surface area contributed by atoms with Crippen molar-refractivity contribution in [2.45, 2.75) is 45.3 Å². The molecular formula is C26H27ClN6O2. The molecule has 0 saturated heterocycles. The zero-order valence-corrected chi connectivity index (χ0v) is 21.0. The smallest absolute Gasteiger partial charge is 0.245 e. The minimum atomic E-state index is -0.207. The normalized spacial score (nSPS) is 14.2. The Bertz CT molecular complexity index is 1430. The quantitative estimate of drug-likeness (QED) is 0.380. The fourth-order valence-electron chi connectivity index (χ4n) is 3.89. The minimum Gasteiger partial charge on any atom is -0.470 e. The van der Waals surface area contributed by atoms with E-state index in [1.54, 1.807) is 25.2 Å². The predicted octanol–water partition coefficient (Wildman–Crippen LogP) is 4.46. The number of amides is 1. The Morgan fingerprint density at radius 2 is 1.97 bits per heavy atom. The van der Waals surface area contributed by atoms with Crippen molar-refractivity contribution < 1.29 is 9.53 Å². The van der Waals surface area contributed by atoms with Gasteiger partial charge in [0.05, 0.1) is 23.7 Å². The number of ether oxygens (including phenoxy) is 1. The summed E-state index contributed by atoms with van der Waals surface area (Å²) in [6.07, 6.45) is 5.55. The zero-order valence-electron chi connectivity index (χ0n) is 20.2. The van der Waals surface area contributed by atoms with Gasteiger partial charge in [0.15, 0.2) is 11.2 Å². The number of rotatable bonds is 7. The average molecular weight is 491 g/mol. The Hall–Kier alpha value is -3.52. The molecule has 0 aliphatic heterocycles. The molecule has 0 bridgehead atoms. The van der Waals surface area contributed by atoms with Crippen LogP contribution in [0.1, 0.15) is 36.6 Å². The van der Waals surface area contributed by atoms with Crippen molar-refractivity contribution in [3.63, 3.8) is 0 Å². The second-order valence-electron chi connectivity index (χ2n) is 9.53. The third-order valence-corrected chi connectivity index (χ3v) is 6.53. The average Bonchev–Trinajstić information content (AvgIpc) is 3.42. The van der Waals surface area contributed by atoms with E-state index in [1.165, 1.54) is 6.33 Å². The maximum absolute atomic E-state index is 12.2. The highest BCUT2D eigenvalue weighted by Crippen LogP contribution is 2.41. The molecule has 5 rings (SSSR count). The molecule has 8 nitrogen and oxygen atoms in total. The van der Waals surface area contributed by atoms with Crippen molar-refractivity contribution in [1.82, 2.24) is 29.4 Å². The van der Waals surface area contributed by atoms with E-state index < -0.39 is 0 Å². The van der Waals surface area contributed by atoms with E-state index in [9.17, 15) is 4.79 Å². The molecule has 1 aromatic carbocycles. The van der Waals surface area contributed by atoms with Crippen LogP contribution < -0.4 is 4.74 Å². The number of hydrogen-bond donors (Lipinski definition) is 0. The van der Waals surface area contributed by atoms with Crippen LogP contribution in [0, 0.1) is 6.92 Å². The first-order valence-electron chi connectivity index (χ1n) is 11.5. The Kier molecular flexibility index (Phi) is 5.92. The van der Waals surface area contributed by atoms with Crippen LogP contribution in [-0.2, 0) is 17.8 Å². The zero-order chi connectivity index (χ0) is 24.7. The van der Waals surface area contributed by atoms with Crippen molar-refractivity contribution in [3.05, 3.63) is 64.7 Å². The maximum atomic E-state index is 12.2. The number of aromatic nitrogens is 5. The van der Waals surface area contributed by atoms with Crippen LogP contribution in [0.2, 0.25) is 5.02 Å². The Labute approximate surface area is 209 Å². The summed E-state index contributed by atoms with van der Waals surface area (Å²) in [6.45, 7) is 4.56. The molecule has 3 heterocycles. The molecular weight excluding hydrogens is 464 g/mol. The van der Waals surface area contributed by atoms with E-state index in [2.05, 4.69) is 21.9 Å². The molecule has 4 aromatic rings. The number of aryl methyl sites for hydroxylation is 1. The monoisotopic (exact) mass is 490 g/mol. The topological polar surface area (TPSA) is 86.0 Å². The lowest BCUT2D eigenvalue weighted by Crippen LogP contribution is -2.23. The highest BCUT2D eigenvalue weighted by atomic mass is 35.5. The molecule has 1 aliphatic carbocycles. The van der Waals surface area contributed by atoms with Gasteiger partial charge in [-0.25, -0.2) is 9.97 Å². The van der Waals surface area contributed by atoms with Gasteiger partial charge in [0.25, 0.3) is 0 Å². The molecule has 35 heavy (non-hydrogen) atoms. The maximum Gasteiger partial charge on any atom is 0.245 e. The van der Waals surface area contributed by atoms with Gasteiger partial charge in [-0.15, -0.1) is 0 Å². The second-order valence-corrected chi connectivity index (χ2v) is 9.94. The number of nitrogens with zero attached hydrogens (tertiary/aromatic N) is 6. The van der Waals surface area contributed by atoms with Crippen LogP contribution in [0.4, 0.5) is 0 Å². The van der Waals surface area contributed by atoms with Crippen molar-refractivity contribution >= 4 is 28.7 Å². The summed E-state index contributed by atoms with van der Waals surface area (Å²) in [6, 6.07) is 9.63. The molecule has 180 valence electrons. The first-order valence-corrected chi connectivity index (χ1v) is 11.9. The lowest BCUT2D eigenvalue weighted by molar-refractivity contribution is -0.127. The van der Waals surface area contributed by atoms with E-state index in [1.807, 2.05) is 41.8 Å². The van der Waals surface area contributed by atoms with E-state index >= 15 is 0 Å². The number of likely N-dealkylation sites (N-methyl/N-ethyl adjacent to an activating group) is 1. The van der Waals surface area contributed by atoms with Gasteiger partial charge in [-0.1, -0.05) is 17.7 Å². The number of imidazole rings is 1. The van der Waals surface area contributed by atoms with Gasteiger partial charge in [-0.2, -0.15) is 4.98 Å². The van der Waals surface area contributed by atoms with Gasteiger partial charge in [0.2, 0.25) is 11.8 Å². The van der Waals surface area contributed by atoms with Gasteiger partial charge >= 0.3 is 0 Å². The van der Waals surface area contributed by atoms with E-state index in [0.29, 0.717) is 34.4 Å². The molecule has 1 amide bonds. The number of halogens is 1. The molecule has 0 N–H and O–H groups in total. The van der Waals surface area contributed by atoms with Crippen LogP contribution in [0.5, 0.6) is 5.88 Å². The molecule has 9 heteroatoms. The predicted molar refractivity (Wildman–Crippen MR) is 135 cm³/mol. The van der Waals surface area contributed by atoms with Crippen molar-refractivity contribution in [1.29, 1.82) is 0 Å². The summed E-state index contributed by atoms with van der Waals surface area (Å²) in [5, 5.41) is 0.507. The molecule has 3 aromatic heterocycles. The largest absolute Gasteiger partial charge is 0.470 e. The molecule has 0 radical (unpaired) electrons. The molecule has 0 spiro atoms. The fraction of sp³-hybridized carbons (Fsp3) is 0.346. The summed E-state index contributed by atoms with van der Waals surface area (Å²) in [4.78, 5) is 32.1. The van der Waals surface area contributed by atoms with Crippen molar-refractivity contribution in [2.75, 3.05) is 14.1 Å². The molecule has 1 fully saturated rings. The van der Waals surface area contributed by atoms with E-state index in [0.717, 1.165) is 35.2 Å². The van der Waals surface area contributed by atoms with Crippen molar-refractivity contribution in [3.8, 4) is 17.3 Å². The minimum absolute atomic E-state index is 0.0113. The third-order valence-electron chi connectivity index (χ3n) is 6.22. The van der Waals surface area contributed by atoms with Gasteiger partial charge in [0, 0.05) is 25.9 Å². The summed E-state index contributed by atoms with van der Waals surface area (Å²) >= 11 is 6.75. The lowest BCUT2D eigenvalue weighted by atomic mass is 10.1. The first-order chi connectivity index (χ1) is 16.7. The molecule has 1 aliphatic rings. The summed E-state index contributed by atoms with van der Waals surface area (Å²) in [5.41, 5.74) is 4.61. The Morgan fingerprint density at radius 1 is 1.17 bits per heavy atom. The van der Waals surface area contributed by atoms with Crippen LogP contribution in [0.3, 0.4) is 0 Å². The number of carbonyl (C=O) groups is 1. The SMILES string of the molecule is Cc1ccnc(Cn2c(-c3ccc(CC(=O)N(C)C)cc3Cl)nc3c(OC4(C)CC4)ncnc32)c1. The van der Waals surface area contributed by atoms with Gasteiger partial charge in [-0.05, 0) is 62.1 Å². The third kappa shape index (κ3) is 4.84. The van der Waals surface area contributed by atoms with Gasteiger partial charge in [0.1, 0.15) is 17.8 Å². The fourth-order valence-corrected chi connectivity index (χ4v) is 4.17. The van der Waals surface area contributed by atoms with Crippen LogP contribution >= 0.6 is 11.6 Å². The number of benzene rings is 1. The summed E-state index contributed by atoms with van der Waals surface area (Å²) in [7, 11) is 3.48. The summed E-state index contributed by atoms with van der Waals surface area (Å²) < 4.78 is 8.19. The van der Waals surface area contributed by atoms with Crippen LogP contribution in [-0.4, -0.2) is 55.0 Å². The van der Waals surface area contributed by atoms with E-state index in [-0.39, 0.29) is 17.9 Å². The first kappa shape index (κ1) is 23.2. The summed E-state index contributed by atoms with van der Waals surface area (Å²) in [5.74, 6) is 1.12. The van der Waals surface area contributed by atoms with E-state index in [4.69, 9.17) is 21.3 Å². The highest BCUT2D eigenvalue weighted by molar-refractivity contribution is 6.33. The molecule has 0 atom stereocenters. The number of hydrogen-bond acceptors (Lipinski definition) is 6. The van der Waals surface area contributed by atoms with Crippen LogP contribution in [0.25, 0.3) is 22.6 Å². The number of carbonyl (C=O) groups excluding carboxylic acids is 1. The molecule has 0 unspecified atom stereocenters. The van der Waals surface area contributed by atoms with Crippen molar-refractivity contribution in [2.24, 2.45) is 0 Å². The molecule has 1 saturated carbocycles. The van der Waals surface area contributed by atoms with Crippen LogP contribution in [0.15, 0.2) is 42.9 Å². The second kappa shape index (κ2) is 8.92.